The molecule has 2 N–H and O–H groups in total. The summed E-state index contributed by atoms with van der Waals surface area (Å²) < 4.78 is 5.23. The van der Waals surface area contributed by atoms with Crippen LogP contribution in [-0.4, -0.2) is 52.7 Å². The summed E-state index contributed by atoms with van der Waals surface area (Å²) in [5.41, 5.74) is -0.605. The second-order valence-electron chi connectivity index (χ2n) is 7.44. The van der Waals surface area contributed by atoms with Gasteiger partial charge in [-0.1, -0.05) is 13.8 Å². The minimum Gasteiger partial charge on any atom is -0.481 e. The molecule has 0 aromatic heterocycles. The molecule has 2 amide bonds. The molecule has 0 aliphatic carbocycles. The highest BCUT2D eigenvalue weighted by atomic mass is 16.6. The lowest BCUT2D eigenvalue weighted by atomic mass is 9.91. The Morgan fingerprint density at radius 1 is 1.26 bits per heavy atom. The number of amides is 2. The summed E-state index contributed by atoms with van der Waals surface area (Å²) in [4.78, 5) is 36.8. The number of rotatable bonds is 4. The molecular weight excluding hydrogens is 300 g/mol. The normalized spacial score (nSPS) is 21.9. The van der Waals surface area contributed by atoms with Crippen molar-refractivity contribution in [3.63, 3.8) is 0 Å². The number of hydrogen-bond donors (Lipinski definition) is 2. The molecule has 7 nitrogen and oxygen atoms in total. The van der Waals surface area contributed by atoms with E-state index in [0.717, 1.165) is 0 Å². The van der Waals surface area contributed by atoms with Crippen molar-refractivity contribution < 1.29 is 24.2 Å². The van der Waals surface area contributed by atoms with Gasteiger partial charge in [-0.05, 0) is 33.1 Å². The van der Waals surface area contributed by atoms with Crippen molar-refractivity contribution in [2.24, 2.45) is 11.8 Å². The van der Waals surface area contributed by atoms with Gasteiger partial charge in [-0.15, -0.1) is 0 Å². The van der Waals surface area contributed by atoms with Gasteiger partial charge in [-0.25, -0.2) is 4.79 Å². The Bertz CT molecular complexity index is 456. The van der Waals surface area contributed by atoms with E-state index in [0.29, 0.717) is 19.5 Å². The number of hydrogen-bond acceptors (Lipinski definition) is 4. The lowest BCUT2D eigenvalue weighted by Crippen LogP contribution is -2.54. The van der Waals surface area contributed by atoms with Crippen LogP contribution in [-0.2, 0) is 14.3 Å². The zero-order valence-corrected chi connectivity index (χ0v) is 14.6. The first-order chi connectivity index (χ1) is 10.5. The molecule has 23 heavy (non-hydrogen) atoms. The van der Waals surface area contributed by atoms with Crippen LogP contribution in [0.1, 0.15) is 47.5 Å². The van der Waals surface area contributed by atoms with E-state index < -0.39 is 17.7 Å². The van der Waals surface area contributed by atoms with Crippen LogP contribution in [0, 0.1) is 11.8 Å². The van der Waals surface area contributed by atoms with Crippen LogP contribution in [0.3, 0.4) is 0 Å². The molecule has 1 aliphatic heterocycles. The summed E-state index contributed by atoms with van der Waals surface area (Å²) in [6.45, 7) is 9.72. The number of piperidine rings is 1. The quantitative estimate of drug-likeness (QED) is 0.821. The molecule has 1 rings (SSSR count). The van der Waals surface area contributed by atoms with Crippen LogP contribution in [0.15, 0.2) is 0 Å². The summed E-state index contributed by atoms with van der Waals surface area (Å²) in [7, 11) is 0. The Kier molecular flexibility index (Phi) is 6.41. The molecule has 1 aliphatic rings. The Hall–Kier alpha value is -1.79. The number of carbonyl (C=O) groups excluding carboxylic acids is 2. The van der Waals surface area contributed by atoms with Crippen molar-refractivity contribution in [3.8, 4) is 0 Å². The Balaban J connectivity index is 2.74. The molecule has 132 valence electrons. The van der Waals surface area contributed by atoms with E-state index >= 15 is 0 Å². The molecule has 0 bridgehead atoms. The number of aliphatic carboxylic acids is 1. The molecule has 1 fully saturated rings. The first-order valence-corrected chi connectivity index (χ1v) is 7.98. The Morgan fingerprint density at radius 2 is 1.87 bits per heavy atom. The molecule has 1 saturated heterocycles. The number of ether oxygens (including phenoxy) is 1. The van der Waals surface area contributed by atoms with E-state index in [1.807, 2.05) is 0 Å². The van der Waals surface area contributed by atoms with Crippen molar-refractivity contribution in [2.45, 2.75) is 59.1 Å². The molecule has 0 aromatic rings. The fraction of sp³-hybridized carbons (Fsp3) is 0.812. The van der Waals surface area contributed by atoms with Crippen LogP contribution in [0.4, 0.5) is 4.79 Å². The van der Waals surface area contributed by atoms with Gasteiger partial charge in [0.2, 0.25) is 5.91 Å². The average molecular weight is 328 g/mol. The fourth-order valence-corrected chi connectivity index (χ4v) is 2.72. The lowest BCUT2D eigenvalue weighted by molar-refractivity contribution is -0.142. The van der Waals surface area contributed by atoms with Gasteiger partial charge in [0.1, 0.15) is 5.60 Å². The molecule has 2 unspecified atom stereocenters. The van der Waals surface area contributed by atoms with Gasteiger partial charge in [0.05, 0.1) is 6.04 Å². The first kappa shape index (κ1) is 19.3. The fourth-order valence-electron chi connectivity index (χ4n) is 2.72. The highest BCUT2D eigenvalue weighted by Gasteiger charge is 2.33. The third-order valence-electron chi connectivity index (χ3n) is 3.53. The predicted octanol–water partition coefficient (Wildman–Crippen LogP) is 1.86. The monoisotopic (exact) mass is 328 g/mol. The van der Waals surface area contributed by atoms with Crippen molar-refractivity contribution in [2.75, 3.05) is 13.1 Å². The van der Waals surface area contributed by atoms with Crippen LogP contribution in [0.2, 0.25) is 0 Å². The highest BCUT2D eigenvalue weighted by Crippen LogP contribution is 2.22. The molecule has 2 atom stereocenters. The van der Waals surface area contributed by atoms with Gasteiger partial charge >= 0.3 is 12.1 Å². The predicted molar refractivity (Wildman–Crippen MR) is 84.9 cm³/mol. The smallest absolute Gasteiger partial charge is 0.407 e. The second-order valence-corrected chi connectivity index (χ2v) is 7.44. The van der Waals surface area contributed by atoms with Crippen molar-refractivity contribution in [1.82, 2.24) is 10.2 Å². The Morgan fingerprint density at radius 3 is 2.35 bits per heavy atom. The summed E-state index contributed by atoms with van der Waals surface area (Å²) in [6.07, 6.45) is -0.0441. The topological polar surface area (TPSA) is 95.9 Å². The number of likely N-dealkylation sites (tertiary alicyclic amines) is 1. The van der Waals surface area contributed by atoms with E-state index in [-0.39, 0.29) is 30.2 Å². The van der Waals surface area contributed by atoms with E-state index in [1.54, 1.807) is 39.5 Å². The van der Waals surface area contributed by atoms with E-state index in [4.69, 9.17) is 9.84 Å². The minimum atomic E-state index is -0.898. The first-order valence-electron chi connectivity index (χ1n) is 7.98. The van der Waals surface area contributed by atoms with Crippen LogP contribution in [0.5, 0.6) is 0 Å². The molecule has 1 heterocycles. The van der Waals surface area contributed by atoms with Gasteiger partial charge in [0.15, 0.2) is 0 Å². The van der Waals surface area contributed by atoms with Crippen molar-refractivity contribution in [1.29, 1.82) is 0 Å². The third-order valence-corrected chi connectivity index (χ3v) is 3.53. The van der Waals surface area contributed by atoms with E-state index in [2.05, 4.69) is 5.32 Å². The zero-order chi connectivity index (χ0) is 17.8. The zero-order valence-electron chi connectivity index (χ0n) is 14.6. The van der Waals surface area contributed by atoms with Gasteiger partial charge in [-0.2, -0.15) is 0 Å². The molecular formula is C16H28N2O5. The SMILES string of the molecule is CC(C)C(=O)N1CC(CC(=O)O)CC(NC(=O)OC(C)(C)C)C1. The van der Waals surface area contributed by atoms with Crippen LogP contribution < -0.4 is 5.32 Å². The second kappa shape index (κ2) is 7.66. The van der Waals surface area contributed by atoms with Gasteiger partial charge in [0.25, 0.3) is 0 Å². The lowest BCUT2D eigenvalue weighted by Gasteiger charge is -2.38. The van der Waals surface area contributed by atoms with Gasteiger partial charge in [0, 0.05) is 25.4 Å². The molecule has 7 heteroatoms. The number of alkyl carbamates (subject to hydrolysis) is 1. The molecule has 0 radical (unpaired) electrons. The van der Waals surface area contributed by atoms with Crippen LogP contribution in [0.25, 0.3) is 0 Å². The molecule has 0 saturated carbocycles. The number of carboxylic acids is 1. The highest BCUT2D eigenvalue weighted by molar-refractivity contribution is 5.78. The minimum absolute atomic E-state index is 0.0195. The number of nitrogens with zero attached hydrogens (tertiary/aromatic N) is 1. The summed E-state index contributed by atoms with van der Waals surface area (Å²) >= 11 is 0. The van der Waals surface area contributed by atoms with E-state index in [1.165, 1.54) is 0 Å². The maximum Gasteiger partial charge on any atom is 0.407 e. The maximum atomic E-state index is 12.2. The third kappa shape index (κ3) is 6.88. The summed E-state index contributed by atoms with van der Waals surface area (Å²) in [6, 6.07) is -0.300. The number of carboxylic acid groups (broad SMARTS) is 1. The summed E-state index contributed by atoms with van der Waals surface area (Å²) in [5, 5.41) is 11.8. The maximum absolute atomic E-state index is 12.2. The van der Waals surface area contributed by atoms with Crippen molar-refractivity contribution in [3.05, 3.63) is 0 Å². The van der Waals surface area contributed by atoms with Crippen LogP contribution >= 0.6 is 0 Å². The number of nitrogens with one attached hydrogen (secondary N) is 1. The van der Waals surface area contributed by atoms with Crippen molar-refractivity contribution >= 4 is 18.0 Å². The molecule has 0 aromatic carbocycles. The molecule has 0 spiro atoms. The largest absolute Gasteiger partial charge is 0.481 e. The standard InChI is InChI=1S/C16H28N2O5/c1-10(2)14(21)18-8-11(7-13(19)20)6-12(9-18)17-15(22)23-16(3,4)5/h10-12H,6-9H2,1-5H3,(H,17,22)(H,19,20). The Labute approximate surface area is 137 Å². The number of carbonyl (C=O) groups is 3. The van der Waals surface area contributed by atoms with Gasteiger partial charge in [-0.3, -0.25) is 9.59 Å². The van der Waals surface area contributed by atoms with E-state index in [9.17, 15) is 14.4 Å². The average Bonchev–Trinajstić information content (AvgIpc) is 2.33. The van der Waals surface area contributed by atoms with Gasteiger partial charge < -0.3 is 20.1 Å². The summed E-state index contributed by atoms with van der Waals surface area (Å²) in [5.74, 6) is -1.27.